The van der Waals surface area contributed by atoms with E-state index in [9.17, 15) is 20.1 Å². The minimum Gasteiger partial charge on any atom is -0.504 e. The Labute approximate surface area is 165 Å². The molecule has 0 aliphatic carbocycles. The van der Waals surface area contributed by atoms with E-state index in [0.29, 0.717) is 11.1 Å². The molecule has 0 saturated heterocycles. The number of primary amides is 1. The van der Waals surface area contributed by atoms with Gasteiger partial charge in [-0.15, -0.1) is 0 Å². The maximum Gasteiger partial charge on any atom is 0.406 e. The number of nitrogens with zero attached hydrogens (tertiary/aromatic N) is 1. The van der Waals surface area contributed by atoms with Gasteiger partial charge in [-0.1, -0.05) is 30.3 Å². The van der Waals surface area contributed by atoms with Crippen LogP contribution in [0.1, 0.15) is 6.92 Å². The van der Waals surface area contributed by atoms with Crippen LogP contribution in [0.2, 0.25) is 0 Å². The topological polar surface area (TPSA) is 148 Å². The van der Waals surface area contributed by atoms with Crippen molar-refractivity contribution in [1.82, 2.24) is 0 Å². The Morgan fingerprint density at radius 1 is 1.17 bits per heavy atom. The highest BCUT2D eigenvalue weighted by atomic mass is 16.7. The first kappa shape index (κ1) is 20.0. The molecule has 0 bridgehead atoms. The largest absolute Gasteiger partial charge is 0.504 e. The zero-order chi connectivity index (χ0) is 21.0. The van der Waals surface area contributed by atoms with Crippen molar-refractivity contribution in [3.63, 3.8) is 0 Å². The van der Waals surface area contributed by atoms with E-state index in [1.54, 1.807) is 6.07 Å². The molecule has 0 aliphatic rings. The van der Waals surface area contributed by atoms with Crippen LogP contribution in [0.5, 0.6) is 17.2 Å². The van der Waals surface area contributed by atoms with Gasteiger partial charge < -0.3 is 34.9 Å². The van der Waals surface area contributed by atoms with Crippen LogP contribution in [-0.4, -0.2) is 40.9 Å². The highest BCUT2D eigenvalue weighted by Gasteiger charge is 2.16. The monoisotopic (exact) mass is 400 g/mol. The second kappa shape index (κ2) is 8.53. The molecule has 152 valence electrons. The lowest BCUT2D eigenvalue weighted by Gasteiger charge is -2.11. The Bertz CT molecular complexity index is 1090. The standard InChI is InChI=1S/C20H20N2O7/c1-11(28-20(21)26)27-8-7-22-13-9-15(12-5-3-2-4-6-12)29-16-10-14(23)18(24)19(25)17(13)16/h2-6,9-11,23-25H,7-8H2,1H3,(H2,21,26). The van der Waals surface area contributed by atoms with Crippen LogP contribution >= 0.6 is 0 Å². The second-order valence-electron chi connectivity index (χ2n) is 6.08. The van der Waals surface area contributed by atoms with Crippen molar-refractivity contribution in [2.75, 3.05) is 13.2 Å². The van der Waals surface area contributed by atoms with Gasteiger partial charge in [0.1, 0.15) is 11.3 Å². The molecule has 1 unspecified atom stereocenters. The number of rotatable bonds is 6. The molecule has 9 heteroatoms. The lowest BCUT2D eigenvalue weighted by molar-refractivity contribution is -0.0859. The zero-order valence-electron chi connectivity index (χ0n) is 15.5. The summed E-state index contributed by atoms with van der Waals surface area (Å²) in [5.74, 6) is -1.28. The Morgan fingerprint density at radius 3 is 2.59 bits per heavy atom. The van der Waals surface area contributed by atoms with E-state index in [-0.39, 0.29) is 24.1 Å². The molecule has 9 nitrogen and oxygen atoms in total. The van der Waals surface area contributed by atoms with Gasteiger partial charge in [0.2, 0.25) is 12.0 Å². The number of fused-ring (bicyclic) bond motifs is 1. The van der Waals surface area contributed by atoms with Gasteiger partial charge in [-0.3, -0.25) is 4.99 Å². The summed E-state index contributed by atoms with van der Waals surface area (Å²) in [6, 6.07) is 12.0. The lowest BCUT2D eigenvalue weighted by atomic mass is 10.1. The Kier molecular flexibility index (Phi) is 5.89. The number of aromatic hydroxyl groups is 3. The molecule has 2 aromatic carbocycles. The molecule has 1 heterocycles. The molecule has 0 radical (unpaired) electrons. The summed E-state index contributed by atoms with van der Waals surface area (Å²) in [6.45, 7) is 1.77. The van der Waals surface area contributed by atoms with E-state index in [1.165, 1.54) is 13.0 Å². The predicted molar refractivity (Wildman–Crippen MR) is 103 cm³/mol. The zero-order valence-corrected chi connectivity index (χ0v) is 15.5. The average Bonchev–Trinajstić information content (AvgIpc) is 2.69. The number of phenols is 3. The molecule has 0 aliphatic heterocycles. The van der Waals surface area contributed by atoms with Crippen LogP contribution in [0.25, 0.3) is 22.3 Å². The second-order valence-corrected chi connectivity index (χ2v) is 6.08. The first-order chi connectivity index (χ1) is 13.9. The Hall–Kier alpha value is -3.72. The number of carbonyl (C=O) groups is 1. The molecule has 3 rings (SSSR count). The third-order valence-corrected chi connectivity index (χ3v) is 4.03. The first-order valence-corrected chi connectivity index (χ1v) is 8.72. The minimum atomic E-state index is -0.946. The maximum atomic E-state index is 10.7. The summed E-state index contributed by atoms with van der Waals surface area (Å²) in [6.07, 6.45) is -1.78. The highest BCUT2D eigenvalue weighted by Crippen LogP contribution is 2.40. The van der Waals surface area contributed by atoms with Crippen LogP contribution in [0.3, 0.4) is 0 Å². The number of phenolic OH excluding ortho intramolecular Hbond substituents is 3. The molecule has 29 heavy (non-hydrogen) atoms. The van der Waals surface area contributed by atoms with Crippen molar-refractivity contribution >= 4 is 17.1 Å². The van der Waals surface area contributed by atoms with E-state index in [2.05, 4.69) is 9.73 Å². The quantitative estimate of drug-likeness (QED) is 0.282. The van der Waals surface area contributed by atoms with E-state index in [0.717, 1.165) is 5.56 Å². The first-order valence-electron chi connectivity index (χ1n) is 8.72. The van der Waals surface area contributed by atoms with Crippen LogP contribution in [0.15, 0.2) is 51.9 Å². The van der Waals surface area contributed by atoms with E-state index < -0.39 is 29.6 Å². The van der Waals surface area contributed by atoms with E-state index in [1.807, 2.05) is 30.3 Å². The van der Waals surface area contributed by atoms with Crippen molar-refractivity contribution in [1.29, 1.82) is 0 Å². The van der Waals surface area contributed by atoms with E-state index in [4.69, 9.17) is 14.9 Å². The van der Waals surface area contributed by atoms with Crippen molar-refractivity contribution in [3.8, 4) is 28.6 Å². The van der Waals surface area contributed by atoms with Gasteiger partial charge in [0.25, 0.3) is 0 Å². The molecule has 0 saturated carbocycles. The van der Waals surface area contributed by atoms with Crippen LogP contribution in [0, 0.1) is 0 Å². The fourth-order valence-electron chi connectivity index (χ4n) is 2.75. The molecule has 1 atom stereocenters. The summed E-state index contributed by atoms with van der Waals surface area (Å²) in [4.78, 5) is 15.1. The number of benzene rings is 2. The summed E-state index contributed by atoms with van der Waals surface area (Å²) in [7, 11) is 0. The normalized spacial score (nSPS) is 12.8. The number of carbonyl (C=O) groups excluding carboxylic acids is 1. The van der Waals surface area contributed by atoms with Gasteiger partial charge in [-0.2, -0.15) is 0 Å². The van der Waals surface area contributed by atoms with Gasteiger partial charge in [0.05, 0.1) is 23.9 Å². The summed E-state index contributed by atoms with van der Waals surface area (Å²) in [5, 5.41) is 30.5. The average molecular weight is 400 g/mol. The lowest BCUT2D eigenvalue weighted by Crippen LogP contribution is -2.23. The Balaban J connectivity index is 2.01. The minimum absolute atomic E-state index is 0.105. The number of hydrogen-bond acceptors (Lipinski definition) is 8. The smallest absolute Gasteiger partial charge is 0.406 e. The fourth-order valence-corrected chi connectivity index (χ4v) is 2.75. The molecule has 1 amide bonds. The third kappa shape index (κ3) is 4.58. The SMILES string of the molecule is CC(OCCN=c1cc(-c2ccccc2)oc2cc(O)c(O)c(O)c12)OC(N)=O. The summed E-state index contributed by atoms with van der Waals surface area (Å²) >= 11 is 0. The van der Waals surface area contributed by atoms with Crippen molar-refractivity contribution in [3.05, 3.63) is 47.8 Å². The number of nitrogens with two attached hydrogens (primary N) is 1. The van der Waals surface area contributed by atoms with Gasteiger partial charge >= 0.3 is 6.09 Å². The van der Waals surface area contributed by atoms with Crippen molar-refractivity contribution in [2.45, 2.75) is 13.2 Å². The predicted octanol–water partition coefficient (Wildman–Crippen LogP) is 2.58. The number of ether oxygens (including phenoxy) is 2. The van der Waals surface area contributed by atoms with Gasteiger partial charge in [0, 0.05) is 17.7 Å². The van der Waals surface area contributed by atoms with Gasteiger partial charge in [-0.25, -0.2) is 4.79 Å². The molecule has 1 aromatic heterocycles. The van der Waals surface area contributed by atoms with E-state index >= 15 is 0 Å². The molecular weight excluding hydrogens is 380 g/mol. The van der Waals surface area contributed by atoms with Crippen molar-refractivity contribution in [2.24, 2.45) is 10.7 Å². The van der Waals surface area contributed by atoms with Gasteiger partial charge in [0.15, 0.2) is 11.5 Å². The fraction of sp³-hybridized carbons (Fsp3) is 0.200. The Morgan fingerprint density at radius 2 is 1.90 bits per heavy atom. The van der Waals surface area contributed by atoms with Crippen molar-refractivity contribution < 1.29 is 34.0 Å². The van der Waals surface area contributed by atoms with Crippen LogP contribution < -0.4 is 11.1 Å². The number of amides is 1. The highest BCUT2D eigenvalue weighted by molar-refractivity contribution is 5.89. The molecule has 5 N–H and O–H groups in total. The van der Waals surface area contributed by atoms with Gasteiger partial charge in [-0.05, 0) is 6.92 Å². The molecular formula is C20H20N2O7. The third-order valence-electron chi connectivity index (χ3n) is 4.03. The number of hydrogen-bond donors (Lipinski definition) is 4. The molecule has 3 aromatic rings. The van der Waals surface area contributed by atoms with Crippen LogP contribution in [-0.2, 0) is 9.47 Å². The maximum absolute atomic E-state index is 10.7. The van der Waals surface area contributed by atoms with Crippen LogP contribution in [0.4, 0.5) is 4.79 Å². The summed E-state index contributed by atoms with van der Waals surface area (Å²) in [5.41, 5.74) is 5.82. The summed E-state index contributed by atoms with van der Waals surface area (Å²) < 4.78 is 15.7. The molecule has 0 spiro atoms. The molecule has 0 fully saturated rings.